The van der Waals surface area contributed by atoms with E-state index < -0.39 is 0 Å². The molecule has 0 aliphatic rings. The quantitative estimate of drug-likeness (QED) is 0.174. The summed E-state index contributed by atoms with van der Waals surface area (Å²) in [5.74, 6) is 1.63. The molecular formula is C57H34N4O. The summed E-state index contributed by atoms with van der Waals surface area (Å²) in [7, 11) is 0. The fourth-order valence-corrected chi connectivity index (χ4v) is 9.70. The SMILES string of the molecule is c1ccc(-c2nc(-c3cccc4c3oc3ccc5ccccc5c34)nc(-n3c4cc(-c5ccccc5)c5ccccc5c4c4c5ccccc5c(-c5ccccc5)cc43)n2)cc1. The summed E-state index contributed by atoms with van der Waals surface area (Å²) in [6.45, 7) is 0. The Balaban J connectivity index is 1.20. The minimum Gasteiger partial charge on any atom is -0.455 e. The zero-order valence-corrected chi connectivity index (χ0v) is 33.3. The third kappa shape index (κ3) is 5.18. The fourth-order valence-electron chi connectivity index (χ4n) is 9.70. The van der Waals surface area contributed by atoms with Gasteiger partial charge in [-0.1, -0.05) is 182 Å². The molecule has 5 heteroatoms. The third-order valence-electron chi connectivity index (χ3n) is 12.4. The Bertz CT molecular complexity index is 3770. The van der Waals surface area contributed by atoms with Gasteiger partial charge in [0.15, 0.2) is 11.6 Å². The number of hydrogen-bond donors (Lipinski definition) is 0. The maximum Gasteiger partial charge on any atom is 0.238 e. The Hall–Kier alpha value is -8.41. The summed E-state index contributed by atoms with van der Waals surface area (Å²) in [5, 5.41) is 11.4. The first-order valence-electron chi connectivity index (χ1n) is 20.9. The van der Waals surface area contributed by atoms with E-state index in [9.17, 15) is 0 Å². The molecule has 0 fully saturated rings. The highest BCUT2D eigenvalue weighted by molar-refractivity contribution is 6.31. The molecule has 3 aromatic heterocycles. The van der Waals surface area contributed by atoms with Crippen molar-refractivity contribution >= 4 is 76.1 Å². The first-order valence-corrected chi connectivity index (χ1v) is 20.9. The standard InChI is InChI=1S/C57H34N4O/c1-4-17-35(18-5-1)46-33-48-52(42-27-14-12-25-40(42)46)53-43-28-15-13-26-41(43)47(36-19-6-2-7-20-36)34-49(53)61(48)57-59-55(38-22-8-3-9-23-38)58-56(60-57)45-30-16-29-44-51-39-24-11-10-21-37(39)31-32-50(51)62-54(44)45/h1-34H. The summed E-state index contributed by atoms with van der Waals surface area (Å²) >= 11 is 0. The number of para-hydroxylation sites is 1. The van der Waals surface area contributed by atoms with Crippen LogP contribution in [0.3, 0.4) is 0 Å². The molecule has 10 aromatic carbocycles. The summed E-state index contributed by atoms with van der Waals surface area (Å²) in [4.78, 5) is 16.2. The number of furan rings is 1. The molecule has 288 valence electrons. The van der Waals surface area contributed by atoms with Crippen molar-refractivity contribution in [3.05, 3.63) is 206 Å². The van der Waals surface area contributed by atoms with Crippen molar-refractivity contribution in [2.24, 2.45) is 0 Å². The molecule has 62 heavy (non-hydrogen) atoms. The number of rotatable bonds is 5. The topological polar surface area (TPSA) is 56.7 Å². The second-order valence-corrected chi connectivity index (χ2v) is 15.9. The Labute approximate surface area is 355 Å². The summed E-state index contributed by atoms with van der Waals surface area (Å²) < 4.78 is 9.05. The molecule has 3 heterocycles. The van der Waals surface area contributed by atoms with Crippen LogP contribution in [0.5, 0.6) is 0 Å². The first kappa shape index (κ1) is 34.5. The van der Waals surface area contributed by atoms with Crippen LogP contribution in [0.25, 0.3) is 127 Å². The van der Waals surface area contributed by atoms with Crippen molar-refractivity contribution < 1.29 is 4.42 Å². The predicted octanol–water partition coefficient (Wildman–Crippen LogP) is 15.0. The lowest BCUT2D eigenvalue weighted by molar-refractivity contribution is 0.669. The average molecular weight is 791 g/mol. The van der Waals surface area contributed by atoms with E-state index in [1.165, 1.54) is 21.5 Å². The van der Waals surface area contributed by atoms with Gasteiger partial charge in [0.25, 0.3) is 0 Å². The zero-order valence-electron chi connectivity index (χ0n) is 33.3. The van der Waals surface area contributed by atoms with Gasteiger partial charge in [-0.15, -0.1) is 0 Å². The summed E-state index contributed by atoms with van der Waals surface area (Å²) in [6.07, 6.45) is 0. The number of hydrogen-bond acceptors (Lipinski definition) is 4. The average Bonchev–Trinajstić information content (AvgIpc) is 3.91. The largest absolute Gasteiger partial charge is 0.455 e. The number of fused-ring (bicyclic) bond motifs is 12. The minimum atomic E-state index is 0.524. The Morgan fingerprint density at radius 3 is 1.45 bits per heavy atom. The second kappa shape index (κ2) is 13.6. The minimum absolute atomic E-state index is 0.524. The highest BCUT2D eigenvalue weighted by Gasteiger charge is 2.25. The van der Waals surface area contributed by atoms with Crippen LogP contribution in [0, 0.1) is 0 Å². The van der Waals surface area contributed by atoms with Crippen LogP contribution in [-0.2, 0) is 0 Å². The molecule has 0 spiro atoms. The number of benzene rings is 10. The number of nitrogens with zero attached hydrogens (tertiary/aromatic N) is 4. The maximum atomic E-state index is 6.78. The highest BCUT2D eigenvalue weighted by atomic mass is 16.3. The van der Waals surface area contributed by atoms with Crippen LogP contribution < -0.4 is 0 Å². The van der Waals surface area contributed by atoms with E-state index in [4.69, 9.17) is 19.4 Å². The van der Waals surface area contributed by atoms with Crippen molar-refractivity contribution in [3.8, 4) is 51.0 Å². The Kier molecular flexibility index (Phi) is 7.54. The predicted molar refractivity (Wildman–Crippen MR) is 256 cm³/mol. The molecule has 0 saturated carbocycles. The van der Waals surface area contributed by atoms with Crippen LogP contribution >= 0.6 is 0 Å². The van der Waals surface area contributed by atoms with Gasteiger partial charge in [0.2, 0.25) is 5.95 Å². The van der Waals surface area contributed by atoms with Crippen molar-refractivity contribution in [2.75, 3.05) is 0 Å². The highest BCUT2D eigenvalue weighted by Crippen LogP contribution is 2.46. The van der Waals surface area contributed by atoms with E-state index in [0.717, 1.165) is 87.9 Å². The van der Waals surface area contributed by atoms with E-state index in [1.807, 2.05) is 18.2 Å². The van der Waals surface area contributed by atoms with Crippen LogP contribution in [-0.4, -0.2) is 19.5 Å². The molecule has 5 nitrogen and oxygen atoms in total. The van der Waals surface area contributed by atoms with Gasteiger partial charge in [-0.25, -0.2) is 4.98 Å². The van der Waals surface area contributed by atoms with Gasteiger partial charge >= 0.3 is 0 Å². The van der Waals surface area contributed by atoms with Gasteiger partial charge < -0.3 is 4.42 Å². The molecule has 0 unspecified atom stereocenters. The molecule has 0 radical (unpaired) electrons. The molecule has 13 rings (SSSR count). The van der Waals surface area contributed by atoms with Gasteiger partial charge in [0.1, 0.15) is 11.2 Å². The van der Waals surface area contributed by atoms with E-state index in [-0.39, 0.29) is 0 Å². The molecule has 0 saturated heterocycles. The maximum absolute atomic E-state index is 6.78. The lowest BCUT2D eigenvalue weighted by atomic mass is 9.92. The van der Waals surface area contributed by atoms with Crippen LogP contribution in [0.1, 0.15) is 0 Å². The van der Waals surface area contributed by atoms with Gasteiger partial charge in [0, 0.05) is 27.1 Å². The normalized spacial score (nSPS) is 11.9. The lowest BCUT2D eigenvalue weighted by Crippen LogP contribution is -2.06. The lowest BCUT2D eigenvalue weighted by Gasteiger charge is -2.13. The molecule has 13 aromatic rings. The van der Waals surface area contributed by atoms with E-state index >= 15 is 0 Å². The molecular weight excluding hydrogens is 757 g/mol. The van der Waals surface area contributed by atoms with E-state index in [0.29, 0.717) is 17.6 Å². The van der Waals surface area contributed by atoms with Gasteiger partial charge in [-0.05, 0) is 78.8 Å². The van der Waals surface area contributed by atoms with Crippen LogP contribution in [0.4, 0.5) is 0 Å². The number of aromatic nitrogens is 4. The van der Waals surface area contributed by atoms with Gasteiger partial charge in [-0.2, -0.15) is 9.97 Å². The second-order valence-electron chi connectivity index (χ2n) is 15.9. The van der Waals surface area contributed by atoms with E-state index in [2.05, 4.69) is 193 Å². The molecule has 0 aliphatic carbocycles. The molecule has 0 atom stereocenters. The Morgan fingerprint density at radius 2 is 0.839 bits per heavy atom. The van der Waals surface area contributed by atoms with Crippen molar-refractivity contribution in [1.82, 2.24) is 19.5 Å². The van der Waals surface area contributed by atoms with Crippen LogP contribution in [0.2, 0.25) is 0 Å². The molecule has 0 bridgehead atoms. The molecule has 0 amide bonds. The van der Waals surface area contributed by atoms with Crippen molar-refractivity contribution in [3.63, 3.8) is 0 Å². The third-order valence-corrected chi connectivity index (χ3v) is 12.4. The van der Waals surface area contributed by atoms with E-state index in [1.54, 1.807) is 0 Å². The Morgan fingerprint density at radius 1 is 0.339 bits per heavy atom. The van der Waals surface area contributed by atoms with Crippen molar-refractivity contribution in [1.29, 1.82) is 0 Å². The zero-order chi connectivity index (χ0) is 40.7. The molecule has 0 N–H and O–H groups in total. The van der Waals surface area contributed by atoms with Gasteiger partial charge in [-0.3, -0.25) is 4.57 Å². The van der Waals surface area contributed by atoms with Crippen LogP contribution in [0.15, 0.2) is 211 Å². The molecule has 0 aliphatic heterocycles. The fraction of sp³-hybridized carbons (Fsp3) is 0. The first-order chi connectivity index (χ1) is 30.8. The summed E-state index contributed by atoms with van der Waals surface area (Å²) in [5.41, 5.74) is 9.85. The summed E-state index contributed by atoms with van der Waals surface area (Å²) in [6, 6.07) is 72.7. The smallest absolute Gasteiger partial charge is 0.238 e. The van der Waals surface area contributed by atoms with Gasteiger partial charge in [0.05, 0.1) is 16.6 Å². The monoisotopic (exact) mass is 790 g/mol. The van der Waals surface area contributed by atoms with Crippen molar-refractivity contribution in [2.45, 2.75) is 0 Å².